The van der Waals surface area contributed by atoms with E-state index in [9.17, 15) is 4.79 Å². The summed E-state index contributed by atoms with van der Waals surface area (Å²) in [5, 5.41) is 2.93. The summed E-state index contributed by atoms with van der Waals surface area (Å²) < 4.78 is 0. The molecule has 1 aliphatic rings. The lowest BCUT2D eigenvalue weighted by atomic mass is 10.0. The summed E-state index contributed by atoms with van der Waals surface area (Å²) >= 11 is 25.0. The topological polar surface area (TPSA) is 23.6 Å². The highest BCUT2D eigenvalue weighted by molar-refractivity contribution is 6.49. The minimum atomic E-state index is -0.229. The summed E-state index contributed by atoms with van der Waals surface area (Å²) in [5.41, 5.74) is 1.13. The van der Waals surface area contributed by atoms with E-state index in [1.54, 1.807) is 26.2 Å². The molecule has 20 heavy (non-hydrogen) atoms. The lowest BCUT2D eigenvalue weighted by molar-refractivity contribution is 0.253. The van der Waals surface area contributed by atoms with Gasteiger partial charge >= 0.3 is 6.03 Å². The van der Waals surface area contributed by atoms with Crippen LogP contribution in [0.3, 0.4) is 0 Å². The van der Waals surface area contributed by atoms with Crippen LogP contribution < -0.4 is 9.80 Å². The molecule has 104 valence electrons. The van der Waals surface area contributed by atoms with E-state index in [0.717, 1.165) is 0 Å². The molecule has 2 aromatic rings. The lowest BCUT2D eigenvalue weighted by Crippen LogP contribution is -2.42. The van der Waals surface area contributed by atoms with E-state index < -0.39 is 0 Å². The summed E-state index contributed by atoms with van der Waals surface area (Å²) in [7, 11) is 3.29. The number of carbonyl (C=O) groups excluding carboxylic acids is 1. The van der Waals surface area contributed by atoms with Crippen molar-refractivity contribution in [2.45, 2.75) is 0 Å². The predicted octanol–water partition coefficient (Wildman–Crippen LogP) is 5.46. The van der Waals surface area contributed by atoms with E-state index in [1.165, 1.54) is 9.80 Å². The van der Waals surface area contributed by atoms with Crippen LogP contribution in [0, 0.1) is 0 Å². The summed E-state index contributed by atoms with van der Waals surface area (Å²) in [6.07, 6.45) is 0. The van der Waals surface area contributed by atoms with Crippen LogP contribution in [0.1, 0.15) is 0 Å². The first kappa shape index (κ1) is 14.1. The second kappa shape index (κ2) is 4.57. The maximum Gasteiger partial charge on any atom is 0.328 e. The van der Waals surface area contributed by atoms with Gasteiger partial charge in [0, 0.05) is 24.9 Å². The molecule has 0 saturated carbocycles. The van der Waals surface area contributed by atoms with E-state index in [0.29, 0.717) is 42.2 Å². The average molecular weight is 350 g/mol. The zero-order valence-electron chi connectivity index (χ0n) is 10.5. The fourth-order valence-electron chi connectivity index (χ4n) is 2.52. The Balaban J connectivity index is 2.63. The Labute approximate surface area is 135 Å². The Morgan fingerprint density at radius 2 is 1.15 bits per heavy atom. The number of urea groups is 1. The van der Waals surface area contributed by atoms with Gasteiger partial charge in [0.05, 0.1) is 31.5 Å². The standard InChI is InChI=1S/C13H8Cl4N2O/c1-18-11-7(16)3-5(14)9-6(15)4-8(17)12(10(9)11)19(2)13(18)20/h3-4H,1-2H3. The van der Waals surface area contributed by atoms with Crippen LogP contribution in [0.2, 0.25) is 20.1 Å². The van der Waals surface area contributed by atoms with Crippen molar-refractivity contribution in [3.05, 3.63) is 32.2 Å². The Bertz CT molecular complexity index is 716. The molecule has 0 aromatic heterocycles. The predicted molar refractivity (Wildman–Crippen MR) is 86.2 cm³/mol. The molecule has 0 spiro atoms. The van der Waals surface area contributed by atoms with Gasteiger partial charge in [-0.25, -0.2) is 4.79 Å². The summed E-state index contributed by atoms with van der Waals surface area (Å²) in [6.45, 7) is 0. The zero-order valence-corrected chi connectivity index (χ0v) is 13.5. The van der Waals surface area contributed by atoms with Crippen molar-refractivity contribution in [1.82, 2.24) is 0 Å². The minimum absolute atomic E-state index is 0.229. The molecule has 1 heterocycles. The van der Waals surface area contributed by atoms with Crippen molar-refractivity contribution in [1.29, 1.82) is 0 Å². The van der Waals surface area contributed by atoms with E-state index in [1.807, 2.05) is 0 Å². The van der Waals surface area contributed by atoms with Gasteiger partial charge in [-0.2, -0.15) is 0 Å². The Hall–Kier alpha value is -0.870. The maximum absolute atomic E-state index is 12.3. The molecule has 0 radical (unpaired) electrons. The molecule has 3 nitrogen and oxygen atoms in total. The quantitative estimate of drug-likeness (QED) is 0.619. The van der Waals surface area contributed by atoms with Crippen LogP contribution >= 0.6 is 46.4 Å². The van der Waals surface area contributed by atoms with Crippen molar-refractivity contribution in [2.24, 2.45) is 0 Å². The second-order valence-electron chi connectivity index (χ2n) is 4.53. The van der Waals surface area contributed by atoms with Crippen molar-refractivity contribution in [3.8, 4) is 0 Å². The number of benzene rings is 2. The van der Waals surface area contributed by atoms with Crippen LogP contribution in [0.4, 0.5) is 16.2 Å². The third-order valence-corrected chi connectivity index (χ3v) is 4.58. The fourth-order valence-corrected chi connectivity index (χ4v) is 3.95. The second-order valence-corrected chi connectivity index (χ2v) is 6.16. The molecular formula is C13H8Cl4N2O. The monoisotopic (exact) mass is 348 g/mol. The molecule has 0 unspecified atom stereocenters. The van der Waals surface area contributed by atoms with Gasteiger partial charge in [0.15, 0.2) is 0 Å². The number of nitrogens with zero attached hydrogens (tertiary/aromatic N) is 2. The highest BCUT2D eigenvalue weighted by Crippen LogP contribution is 2.50. The molecule has 7 heteroatoms. The van der Waals surface area contributed by atoms with Gasteiger partial charge in [-0.3, -0.25) is 9.80 Å². The van der Waals surface area contributed by atoms with Crippen LogP contribution in [0.25, 0.3) is 10.8 Å². The molecule has 0 fully saturated rings. The number of amides is 2. The maximum atomic E-state index is 12.3. The van der Waals surface area contributed by atoms with Crippen LogP contribution in [-0.2, 0) is 0 Å². The summed E-state index contributed by atoms with van der Waals surface area (Å²) in [5.74, 6) is 0. The molecule has 3 rings (SSSR count). The smallest absolute Gasteiger partial charge is 0.295 e. The van der Waals surface area contributed by atoms with Gasteiger partial charge in [-0.05, 0) is 12.1 Å². The SMILES string of the molecule is CN1C(=O)N(C)c2c(Cl)cc(Cl)c3c(Cl)cc(Cl)c1c23. The number of halogens is 4. The minimum Gasteiger partial charge on any atom is -0.295 e. The Morgan fingerprint density at radius 1 is 0.750 bits per heavy atom. The first-order chi connectivity index (χ1) is 9.34. The van der Waals surface area contributed by atoms with Crippen molar-refractivity contribution in [2.75, 3.05) is 23.9 Å². The van der Waals surface area contributed by atoms with Gasteiger partial charge < -0.3 is 0 Å². The molecule has 2 amide bonds. The van der Waals surface area contributed by atoms with E-state index >= 15 is 0 Å². The molecule has 0 saturated heterocycles. The number of rotatable bonds is 0. The summed E-state index contributed by atoms with van der Waals surface area (Å²) in [4.78, 5) is 15.2. The highest BCUT2D eigenvalue weighted by Gasteiger charge is 2.32. The Morgan fingerprint density at radius 3 is 1.55 bits per heavy atom. The molecule has 0 N–H and O–H groups in total. The normalized spacial score (nSPS) is 14.4. The van der Waals surface area contributed by atoms with Crippen molar-refractivity contribution in [3.63, 3.8) is 0 Å². The van der Waals surface area contributed by atoms with E-state index in [2.05, 4.69) is 0 Å². The van der Waals surface area contributed by atoms with Gasteiger partial charge in [0.25, 0.3) is 0 Å². The first-order valence-corrected chi connectivity index (χ1v) is 7.17. The van der Waals surface area contributed by atoms with Gasteiger partial charge in [-0.15, -0.1) is 0 Å². The molecule has 0 atom stereocenters. The van der Waals surface area contributed by atoms with Gasteiger partial charge in [-0.1, -0.05) is 46.4 Å². The largest absolute Gasteiger partial charge is 0.328 e. The molecule has 0 bridgehead atoms. The summed E-state index contributed by atoms with van der Waals surface area (Å²) in [6, 6.07) is 2.94. The molecule has 0 aliphatic carbocycles. The lowest BCUT2D eigenvalue weighted by Gasteiger charge is -2.34. The zero-order chi connectivity index (χ0) is 14.8. The number of carbonyl (C=O) groups is 1. The third-order valence-electron chi connectivity index (χ3n) is 3.41. The van der Waals surface area contributed by atoms with Gasteiger partial charge in [0.1, 0.15) is 0 Å². The number of anilines is 2. The highest BCUT2D eigenvalue weighted by atomic mass is 35.5. The van der Waals surface area contributed by atoms with E-state index in [4.69, 9.17) is 46.4 Å². The first-order valence-electron chi connectivity index (χ1n) is 5.65. The molecule has 2 aromatic carbocycles. The van der Waals surface area contributed by atoms with Gasteiger partial charge in [0.2, 0.25) is 0 Å². The fraction of sp³-hybridized carbons (Fsp3) is 0.154. The number of hydrogen-bond acceptors (Lipinski definition) is 1. The molecular weight excluding hydrogens is 342 g/mol. The third kappa shape index (κ3) is 1.70. The van der Waals surface area contributed by atoms with Crippen molar-refractivity contribution >= 4 is 74.6 Å². The Kier molecular flexibility index (Phi) is 3.22. The number of hydrogen-bond donors (Lipinski definition) is 0. The average Bonchev–Trinajstić information content (AvgIpc) is 2.34. The van der Waals surface area contributed by atoms with Crippen LogP contribution in [0.5, 0.6) is 0 Å². The molecule has 1 aliphatic heterocycles. The van der Waals surface area contributed by atoms with Crippen LogP contribution in [0.15, 0.2) is 12.1 Å². The van der Waals surface area contributed by atoms with E-state index in [-0.39, 0.29) is 6.03 Å². The van der Waals surface area contributed by atoms with Crippen LogP contribution in [-0.4, -0.2) is 20.1 Å². The van der Waals surface area contributed by atoms with Crippen molar-refractivity contribution < 1.29 is 4.79 Å².